The highest BCUT2D eigenvalue weighted by molar-refractivity contribution is 5.51. The Kier molecular flexibility index (Phi) is 3.33. The van der Waals surface area contributed by atoms with E-state index in [2.05, 4.69) is 4.99 Å². The summed E-state index contributed by atoms with van der Waals surface area (Å²) in [5.74, 6) is 0.821. The molecule has 0 spiro atoms. The van der Waals surface area contributed by atoms with Crippen LogP contribution in [0.25, 0.3) is 0 Å². The first kappa shape index (κ1) is 8.78. The lowest BCUT2D eigenvalue weighted by molar-refractivity contribution is 0.565. The molecule has 0 unspecified atom stereocenters. The van der Waals surface area contributed by atoms with E-state index in [4.69, 9.17) is 4.74 Å². The van der Waals surface area contributed by atoms with Crippen molar-refractivity contribution in [3.63, 3.8) is 0 Å². The van der Waals surface area contributed by atoms with Gasteiger partial charge in [-0.2, -0.15) is 0 Å². The van der Waals surface area contributed by atoms with Gasteiger partial charge in [0.05, 0.1) is 0 Å². The van der Waals surface area contributed by atoms with Crippen LogP contribution in [0.2, 0.25) is 0 Å². The molecule has 2 heteroatoms. The van der Waals surface area contributed by atoms with Crippen molar-refractivity contribution in [3.05, 3.63) is 30.3 Å². The molecule has 64 valence electrons. The zero-order valence-corrected chi connectivity index (χ0v) is 7.40. The normalized spacial score (nSPS) is 10.9. The predicted molar refractivity (Wildman–Crippen MR) is 50.7 cm³/mol. The van der Waals surface area contributed by atoms with Gasteiger partial charge in [-0.15, -0.1) is 0 Å². The van der Waals surface area contributed by atoms with Crippen molar-refractivity contribution < 1.29 is 4.74 Å². The third kappa shape index (κ3) is 3.19. The second kappa shape index (κ2) is 4.54. The third-order valence-corrected chi connectivity index (χ3v) is 1.29. The highest BCUT2D eigenvalue weighted by Gasteiger charge is 1.87. The first-order valence-electron chi connectivity index (χ1n) is 4.02. The van der Waals surface area contributed by atoms with Crippen LogP contribution in [0.15, 0.2) is 35.3 Å². The van der Waals surface area contributed by atoms with Gasteiger partial charge in [0.15, 0.2) is 6.40 Å². The van der Waals surface area contributed by atoms with E-state index in [1.54, 1.807) is 0 Å². The molecule has 0 aliphatic carbocycles. The summed E-state index contributed by atoms with van der Waals surface area (Å²) in [5.41, 5.74) is 0. The summed E-state index contributed by atoms with van der Waals surface area (Å²) in [6, 6.07) is 9.89. The highest BCUT2D eigenvalue weighted by Crippen LogP contribution is 2.06. The largest absolute Gasteiger partial charge is 0.446 e. The van der Waals surface area contributed by atoms with Crippen LogP contribution in [-0.4, -0.2) is 12.4 Å². The van der Waals surface area contributed by atoms with Gasteiger partial charge in [0, 0.05) is 6.04 Å². The number of hydrogen-bond donors (Lipinski definition) is 0. The molecule has 0 N–H and O–H groups in total. The van der Waals surface area contributed by atoms with Gasteiger partial charge < -0.3 is 4.74 Å². The number of hydrogen-bond acceptors (Lipinski definition) is 2. The Morgan fingerprint density at radius 2 is 1.92 bits per heavy atom. The number of aliphatic imine (C=N–C) groups is 1. The molecule has 0 amide bonds. The van der Waals surface area contributed by atoms with E-state index in [9.17, 15) is 0 Å². The maximum Gasteiger partial charge on any atom is 0.176 e. The smallest absolute Gasteiger partial charge is 0.176 e. The minimum atomic E-state index is 0.286. The molecule has 0 aromatic heterocycles. The number of ether oxygens (including phenoxy) is 1. The molecular weight excluding hydrogens is 150 g/mol. The summed E-state index contributed by atoms with van der Waals surface area (Å²) in [6.07, 6.45) is 1.49. The molecule has 0 aliphatic heterocycles. The molecule has 0 bridgehead atoms. The third-order valence-electron chi connectivity index (χ3n) is 1.29. The second-order valence-electron chi connectivity index (χ2n) is 2.78. The van der Waals surface area contributed by atoms with Gasteiger partial charge >= 0.3 is 0 Å². The number of rotatable bonds is 3. The highest BCUT2D eigenvalue weighted by atomic mass is 16.5. The summed E-state index contributed by atoms with van der Waals surface area (Å²) in [4.78, 5) is 4.07. The Morgan fingerprint density at radius 1 is 1.25 bits per heavy atom. The van der Waals surface area contributed by atoms with Gasteiger partial charge in [-0.3, -0.25) is 4.99 Å². The van der Waals surface area contributed by atoms with Gasteiger partial charge in [0.2, 0.25) is 0 Å². The van der Waals surface area contributed by atoms with Crippen LogP contribution < -0.4 is 4.74 Å². The van der Waals surface area contributed by atoms with Crippen LogP contribution >= 0.6 is 0 Å². The van der Waals surface area contributed by atoms with E-state index in [-0.39, 0.29) is 6.04 Å². The van der Waals surface area contributed by atoms with E-state index < -0.39 is 0 Å². The molecular formula is C10H13NO. The van der Waals surface area contributed by atoms with Gasteiger partial charge in [-0.1, -0.05) is 18.2 Å². The molecule has 0 atom stereocenters. The van der Waals surface area contributed by atoms with E-state index in [1.807, 2.05) is 44.2 Å². The zero-order chi connectivity index (χ0) is 8.81. The van der Waals surface area contributed by atoms with Crippen molar-refractivity contribution in [1.82, 2.24) is 0 Å². The first-order chi connectivity index (χ1) is 5.79. The SMILES string of the molecule is CC(C)N=COc1ccccc1. The van der Waals surface area contributed by atoms with Crippen molar-refractivity contribution in [3.8, 4) is 5.75 Å². The van der Waals surface area contributed by atoms with Crippen LogP contribution in [0.4, 0.5) is 0 Å². The van der Waals surface area contributed by atoms with Crippen LogP contribution in [0, 0.1) is 0 Å². The van der Waals surface area contributed by atoms with Crippen LogP contribution in [0.1, 0.15) is 13.8 Å². The molecule has 0 radical (unpaired) electrons. The second-order valence-corrected chi connectivity index (χ2v) is 2.78. The lowest BCUT2D eigenvalue weighted by atomic mass is 10.3. The molecule has 0 aliphatic rings. The van der Waals surface area contributed by atoms with Crippen LogP contribution in [0.3, 0.4) is 0 Å². The summed E-state index contributed by atoms with van der Waals surface area (Å²) >= 11 is 0. The molecule has 0 saturated carbocycles. The number of para-hydroxylation sites is 1. The van der Waals surface area contributed by atoms with Crippen molar-refractivity contribution in [2.24, 2.45) is 4.99 Å². The van der Waals surface area contributed by atoms with Crippen molar-refractivity contribution in [2.45, 2.75) is 19.9 Å². The van der Waals surface area contributed by atoms with E-state index in [0.29, 0.717) is 0 Å². The fourth-order valence-corrected chi connectivity index (χ4v) is 0.712. The van der Waals surface area contributed by atoms with Crippen molar-refractivity contribution >= 4 is 6.40 Å². The predicted octanol–water partition coefficient (Wildman–Crippen LogP) is 2.50. The number of nitrogens with zero attached hydrogens (tertiary/aromatic N) is 1. The molecule has 0 fully saturated rings. The average molecular weight is 163 g/mol. The fourth-order valence-electron chi connectivity index (χ4n) is 0.712. The molecule has 1 rings (SSSR count). The Hall–Kier alpha value is -1.31. The Labute approximate surface area is 72.9 Å². The lowest BCUT2D eigenvalue weighted by Crippen LogP contribution is -1.94. The maximum atomic E-state index is 5.23. The van der Waals surface area contributed by atoms with Gasteiger partial charge in [-0.25, -0.2) is 0 Å². The average Bonchev–Trinajstić information content (AvgIpc) is 2.05. The summed E-state index contributed by atoms with van der Waals surface area (Å²) in [6.45, 7) is 4.01. The van der Waals surface area contributed by atoms with Gasteiger partial charge in [0.25, 0.3) is 0 Å². The Bertz CT molecular complexity index is 241. The fraction of sp³-hybridized carbons (Fsp3) is 0.300. The molecule has 1 aromatic carbocycles. The van der Waals surface area contributed by atoms with Crippen LogP contribution in [-0.2, 0) is 0 Å². The van der Waals surface area contributed by atoms with E-state index >= 15 is 0 Å². The monoisotopic (exact) mass is 163 g/mol. The summed E-state index contributed by atoms with van der Waals surface area (Å²) in [5, 5.41) is 0. The maximum absolute atomic E-state index is 5.23. The van der Waals surface area contributed by atoms with Gasteiger partial charge in [-0.05, 0) is 26.0 Å². The lowest BCUT2D eigenvalue weighted by Gasteiger charge is -1.98. The van der Waals surface area contributed by atoms with Crippen LogP contribution in [0.5, 0.6) is 5.75 Å². The minimum absolute atomic E-state index is 0.286. The molecule has 1 aromatic rings. The van der Waals surface area contributed by atoms with E-state index in [0.717, 1.165) is 5.75 Å². The quantitative estimate of drug-likeness (QED) is 0.495. The Morgan fingerprint density at radius 3 is 2.50 bits per heavy atom. The summed E-state index contributed by atoms with van der Waals surface area (Å²) in [7, 11) is 0. The molecule has 12 heavy (non-hydrogen) atoms. The van der Waals surface area contributed by atoms with E-state index in [1.165, 1.54) is 6.40 Å². The zero-order valence-electron chi connectivity index (χ0n) is 7.40. The first-order valence-corrected chi connectivity index (χ1v) is 4.02. The molecule has 0 saturated heterocycles. The van der Waals surface area contributed by atoms with Gasteiger partial charge in [0.1, 0.15) is 5.75 Å². The Balaban J connectivity index is 2.43. The number of benzene rings is 1. The topological polar surface area (TPSA) is 21.6 Å². The molecule has 2 nitrogen and oxygen atoms in total. The molecule has 0 heterocycles. The van der Waals surface area contributed by atoms with Crippen molar-refractivity contribution in [1.29, 1.82) is 0 Å². The minimum Gasteiger partial charge on any atom is -0.446 e. The van der Waals surface area contributed by atoms with Crippen molar-refractivity contribution in [2.75, 3.05) is 0 Å². The summed E-state index contributed by atoms with van der Waals surface area (Å²) < 4.78 is 5.23. The standard InChI is InChI=1S/C10H13NO/c1-9(2)11-8-12-10-6-4-3-5-7-10/h3-9H,1-2H3.